The summed E-state index contributed by atoms with van der Waals surface area (Å²) in [4.78, 5) is 4.20. The number of hydrogen-bond donors (Lipinski definition) is 2. The van der Waals surface area contributed by atoms with Crippen molar-refractivity contribution in [2.75, 3.05) is 13.6 Å². The lowest BCUT2D eigenvalue weighted by Gasteiger charge is -2.19. The second-order valence-corrected chi connectivity index (χ2v) is 5.61. The average Bonchev–Trinajstić information content (AvgIpc) is 2.67. The molecule has 0 bridgehead atoms. The number of nitrogens with zero attached hydrogens (tertiary/aromatic N) is 3. The fourth-order valence-corrected chi connectivity index (χ4v) is 1.53. The Morgan fingerprint density at radius 1 is 1.39 bits per heavy atom. The zero-order chi connectivity index (χ0) is 13.6. The van der Waals surface area contributed by atoms with Gasteiger partial charge in [0.2, 0.25) is 0 Å². The predicted octanol–water partition coefficient (Wildman–Crippen LogP) is 1.52. The van der Waals surface area contributed by atoms with Gasteiger partial charge in [-0.15, -0.1) is 0 Å². The summed E-state index contributed by atoms with van der Waals surface area (Å²) in [6, 6.07) is 2.00. The lowest BCUT2D eigenvalue weighted by atomic mass is 9.92. The van der Waals surface area contributed by atoms with Crippen LogP contribution in [0, 0.1) is 5.41 Å². The van der Waals surface area contributed by atoms with Gasteiger partial charge in [-0.05, 0) is 17.9 Å². The van der Waals surface area contributed by atoms with Gasteiger partial charge in [-0.3, -0.25) is 9.67 Å². The van der Waals surface area contributed by atoms with E-state index in [4.69, 9.17) is 0 Å². The van der Waals surface area contributed by atoms with E-state index >= 15 is 0 Å². The molecule has 0 amide bonds. The summed E-state index contributed by atoms with van der Waals surface area (Å²) < 4.78 is 1.86. The molecule has 1 rings (SSSR count). The van der Waals surface area contributed by atoms with Crippen LogP contribution in [-0.2, 0) is 13.6 Å². The van der Waals surface area contributed by atoms with Crippen molar-refractivity contribution in [1.29, 1.82) is 0 Å². The van der Waals surface area contributed by atoms with Crippen molar-refractivity contribution in [2.45, 2.75) is 33.7 Å². The maximum Gasteiger partial charge on any atom is 0.191 e. The topological polar surface area (TPSA) is 54.2 Å². The monoisotopic (exact) mass is 251 g/mol. The van der Waals surface area contributed by atoms with Gasteiger partial charge < -0.3 is 10.6 Å². The van der Waals surface area contributed by atoms with Gasteiger partial charge in [0.1, 0.15) is 0 Å². The highest BCUT2D eigenvalue weighted by Gasteiger charge is 2.09. The Balaban J connectivity index is 2.33. The van der Waals surface area contributed by atoms with E-state index in [-0.39, 0.29) is 0 Å². The van der Waals surface area contributed by atoms with Crippen LogP contribution >= 0.6 is 0 Å². The standard InChI is InChI=1S/C13H25N5/c1-13(2,3)7-9-15-12(14-4)16-10-11-6-8-17-18(11)5/h6,8H,7,9-10H2,1-5H3,(H2,14,15,16). The van der Waals surface area contributed by atoms with Crippen molar-refractivity contribution < 1.29 is 0 Å². The summed E-state index contributed by atoms with van der Waals surface area (Å²) in [6.07, 6.45) is 2.91. The fraction of sp³-hybridized carbons (Fsp3) is 0.692. The van der Waals surface area contributed by atoms with Crippen molar-refractivity contribution in [1.82, 2.24) is 20.4 Å². The minimum atomic E-state index is 0.341. The summed E-state index contributed by atoms with van der Waals surface area (Å²) in [6.45, 7) is 8.36. The summed E-state index contributed by atoms with van der Waals surface area (Å²) in [7, 11) is 3.72. The van der Waals surface area contributed by atoms with Crippen LogP contribution in [0.3, 0.4) is 0 Å². The molecule has 2 N–H and O–H groups in total. The van der Waals surface area contributed by atoms with Crippen LogP contribution in [0.25, 0.3) is 0 Å². The number of aromatic nitrogens is 2. The molecule has 0 atom stereocenters. The van der Waals surface area contributed by atoms with Crippen LogP contribution in [0.15, 0.2) is 17.3 Å². The first-order chi connectivity index (χ1) is 8.42. The molecule has 0 aromatic carbocycles. The van der Waals surface area contributed by atoms with Gasteiger partial charge in [0.15, 0.2) is 5.96 Å². The number of hydrogen-bond acceptors (Lipinski definition) is 2. The molecule has 1 aromatic heterocycles. The van der Waals surface area contributed by atoms with Gasteiger partial charge in [0.25, 0.3) is 0 Å². The highest BCUT2D eigenvalue weighted by atomic mass is 15.3. The Labute approximate surface area is 110 Å². The molecule has 18 heavy (non-hydrogen) atoms. The van der Waals surface area contributed by atoms with E-state index in [9.17, 15) is 0 Å². The number of aryl methyl sites for hydroxylation is 1. The minimum Gasteiger partial charge on any atom is -0.356 e. The molecule has 0 fully saturated rings. The molecule has 0 aliphatic rings. The van der Waals surface area contributed by atoms with Gasteiger partial charge in [-0.2, -0.15) is 5.10 Å². The maximum atomic E-state index is 4.20. The highest BCUT2D eigenvalue weighted by molar-refractivity contribution is 5.79. The molecule has 1 aromatic rings. The second-order valence-electron chi connectivity index (χ2n) is 5.61. The third kappa shape index (κ3) is 5.21. The third-order valence-electron chi connectivity index (χ3n) is 2.75. The van der Waals surface area contributed by atoms with Crippen LogP contribution < -0.4 is 10.6 Å². The quantitative estimate of drug-likeness (QED) is 0.630. The van der Waals surface area contributed by atoms with Crippen molar-refractivity contribution in [2.24, 2.45) is 17.5 Å². The number of rotatable bonds is 4. The molecule has 0 unspecified atom stereocenters. The van der Waals surface area contributed by atoms with Gasteiger partial charge in [-0.1, -0.05) is 20.8 Å². The highest BCUT2D eigenvalue weighted by Crippen LogP contribution is 2.16. The normalized spacial score (nSPS) is 12.6. The first-order valence-corrected chi connectivity index (χ1v) is 6.34. The smallest absolute Gasteiger partial charge is 0.191 e. The van der Waals surface area contributed by atoms with Crippen LogP contribution in [0.5, 0.6) is 0 Å². The summed E-state index contributed by atoms with van der Waals surface area (Å²) in [5.41, 5.74) is 1.47. The van der Waals surface area contributed by atoms with Gasteiger partial charge in [0, 0.05) is 26.8 Å². The SMILES string of the molecule is CN=C(NCCC(C)(C)C)NCc1ccnn1C. The third-order valence-corrected chi connectivity index (χ3v) is 2.75. The van der Waals surface area contributed by atoms with Crippen LogP contribution in [-0.4, -0.2) is 29.3 Å². The molecule has 102 valence electrons. The van der Waals surface area contributed by atoms with Crippen LogP contribution in [0.1, 0.15) is 32.9 Å². The summed E-state index contributed by atoms with van der Waals surface area (Å²) in [5.74, 6) is 0.834. The van der Waals surface area contributed by atoms with E-state index in [1.54, 1.807) is 13.2 Å². The van der Waals surface area contributed by atoms with E-state index in [0.717, 1.165) is 31.2 Å². The Morgan fingerprint density at radius 2 is 2.11 bits per heavy atom. The zero-order valence-corrected chi connectivity index (χ0v) is 12.1. The van der Waals surface area contributed by atoms with Crippen molar-refractivity contribution in [3.8, 4) is 0 Å². The molecule has 0 saturated carbocycles. The Morgan fingerprint density at radius 3 is 2.61 bits per heavy atom. The van der Waals surface area contributed by atoms with Crippen LogP contribution in [0.4, 0.5) is 0 Å². The molecule has 0 radical (unpaired) electrons. The lowest BCUT2D eigenvalue weighted by molar-refractivity contribution is 0.377. The minimum absolute atomic E-state index is 0.341. The van der Waals surface area contributed by atoms with Crippen molar-refractivity contribution >= 4 is 5.96 Å². The zero-order valence-electron chi connectivity index (χ0n) is 12.1. The lowest BCUT2D eigenvalue weighted by Crippen LogP contribution is -2.38. The Kier molecular flexibility index (Phi) is 5.19. The largest absolute Gasteiger partial charge is 0.356 e. The van der Waals surface area contributed by atoms with Crippen molar-refractivity contribution in [3.63, 3.8) is 0 Å². The van der Waals surface area contributed by atoms with Crippen molar-refractivity contribution in [3.05, 3.63) is 18.0 Å². The molecule has 0 spiro atoms. The molecular weight excluding hydrogens is 226 g/mol. The maximum absolute atomic E-state index is 4.20. The number of nitrogens with one attached hydrogen (secondary N) is 2. The molecular formula is C13H25N5. The second kappa shape index (κ2) is 6.42. The fourth-order valence-electron chi connectivity index (χ4n) is 1.53. The van der Waals surface area contributed by atoms with E-state index in [2.05, 4.69) is 41.5 Å². The summed E-state index contributed by atoms with van der Waals surface area (Å²) in [5, 5.41) is 10.7. The molecule has 5 heteroatoms. The first-order valence-electron chi connectivity index (χ1n) is 6.34. The van der Waals surface area contributed by atoms with E-state index < -0.39 is 0 Å². The predicted molar refractivity (Wildman–Crippen MR) is 75.5 cm³/mol. The van der Waals surface area contributed by atoms with Gasteiger partial charge in [-0.25, -0.2) is 0 Å². The Hall–Kier alpha value is -1.52. The molecule has 0 aliphatic heterocycles. The first kappa shape index (κ1) is 14.5. The molecule has 0 aliphatic carbocycles. The van der Waals surface area contributed by atoms with Crippen LogP contribution in [0.2, 0.25) is 0 Å². The molecule has 0 saturated heterocycles. The van der Waals surface area contributed by atoms with E-state index in [1.807, 2.05) is 17.8 Å². The molecule has 1 heterocycles. The number of guanidine groups is 1. The van der Waals surface area contributed by atoms with E-state index in [1.165, 1.54) is 0 Å². The van der Waals surface area contributed by atoms with Gasteiger partial charge in [0.05, 0.1) is 12.2 Å². The average molecular weight is 251 g/mol. The van der Waals surface area contributed by atoms with E-state index in [0.29, 0.717) is 5.41 Å². The summed E-state index contributed by atoms with van der Waals surface area (Å²) >= 11 is 0. The van der Waals surface area contributed by atoms with Gasteiger partial charge >= 0.3 is 0 Å². The number of aliphatic imine (C=N–C) groups is 1. The molecule has 5 nitrogen and oxygen atoms in total. The Bertz CT molecular complexity index is 386.